The van der Waals surface area contributed by atoms with Gasteiger partial charge in [-0.15, -0.1) is 0 Å². The second-order valence-corrected chi connectivity index (χ2v) is 4.98. The van der Waals surface area contributed by atoms with Crippen molar-refractivity contribution >= 4 is 11.8 Å². The lowest BCUT2D eigenvalue weighted by atomic mass is 9.97. The Morgan fingerprint density at radius 3 is 2.33 bits per heavy atom. The van der Waals surface area contributed by atoms with Crippen molar-refractivity contribution in [1.82, 2.24) is 10.6 Å². The standard InChI is InChI=1S/C14H18N2O2/c1-9(2)12-14(18)15-11(13(17)16-12)8-10-6-4-3-5-7-10/h3-7,9,11-12H,8H2,1-2H3,(H,15,18)(H,16,17)/t11-,12+/m0/s1. The van der Waals surface area contributed by atoms with E-state index in [4.69, 9.17) is 0 Å². The molecule has 2 atom stereocenters. The molecule has 0 radical (unpaired) electrons. The predicted molar refractivity (Wildman–Crippen MR) is 68.8 cm³/mol. The first-order chi connectivity index (χ1) is 8.58. The SMILES string of the molecule is CC(C)[C@H]1NC(=O)[C@H](Cc2ccccc2)NC1=O. The molecule has 1 aromatic carbocycles. The summed E-state index contributed by atoms with van der Waals surface area (Å²) in [5.41, 5.74) is 1.04. The molecule has 0 saturated carbocycles. The molecule has 0 aliphatic carbocycles. The van der Waals surface area contributed by atoms with Gasteiger partial charge in [-0.1, -0.05) is 44.2 Å². The minimum absolute atomic E-state index is 0.0921. The Hall–Kier alpha value is -1.84. The number of carbonyl (C=O) groups is 2. The van der Waals surface area contributed by atoms with Gasteiger partial charge in [-0.3, -0.25) is 9.59 Å². The lowest BCUT2D eigenvalue weighted by molar-refractivity contribution is -0.137. The Morgan fingerprint density at radius 2 is 1.72 bits per heavy atom. The van der Waals surface area contributed by atoms with Crippen LogP contribution >= 0.6 is 0 Å². The van der Waals surface area contributed by atoms with Gasteiger partial charge in [-0.2, -0.15) is 0 Å². The molecular weight excluding hydrogens is 228 g/mol. The molecule has 2 N–H and O–H groups in total. The van der Waals surface area contributed by atoms with Crippen molar-refractivity contribution in [2.45, 2.75) is 32.4 Å². The van der Waals surface area contributed by atoms with Crippen LogP contribution in [-0.4, -0.2) is 23.9 Å². The van der Waals surface area contributed by atoms with Crippen molar-refractivity contribution in [3.05, 3.63) is 35.9 Å². The number of nitrogens with one attached hydrogen (secondary N) is 2. The number of amides is 2. The van der Waals surface area contributed by atoms with Crippen molar-refractivity contribution in [3.8, 4) is 0 Å². The van der Waals surface area contributed by atoms with Crippen LogP contribution in [-0.2, 0) is 16.0 Å². The Labute approximate surface area is 107 Å². The van der Waals surface area contributed by atoms with E-state index in [1.54, 1.807) is 0 Å². The lowest BCUT2D eigenvalue weighted by Crippen LogP contribution is -2.63. The maximum atomic E-state index is 11.9. The minimum atomic E-state index is -0.463. The second kappa shape index (κ2) is 5.21. The smallest absolute Gasteiger partial charge is 0.243 e. The highest BCUT2D eigenvalue weighted by Gasteiger charge is 2.34. The van der Waals surface area contributed by atoms with Gasteiger partial charge < -0.3 is 10.6 Å². The molecule has 1 aliphatic heterocycles. The Bertz CT molecular complexity index is 442. The minimum Gasteiger partial charge on any atom is -0.342 e. The molecule has 4 nitrogen and oxygen atoms in total. The summed E-state index contributed by atoms with van der Waals surface area (Å²) >= 11 is 0. The lowest BCUT2D eigenvalue weighted by Gasteiger charge is -2.31. The van der Waals surface area contributed by atoms with E-state index in [2.05, 4.69) is 10.6 Å². The van der Waals surface area contributed by atoms with Gasteiger partial charge in [0.25, 0.3) is 0 Å². The highest BCUT2D eigenvalue weighted by atomic mass is 16.2. The molecule has 0 bridgehead atoms. The van der Waals surface area contributed by atoms with E-state index in [0.29, 0.717) is 6.42 Å². The highest BCUT2D eigenvalue weighted by Crippen LogP contribution is 2.10. The van der Waals surface area contributed by atoms with Crippen molar-refractivity contribution in [1.29, 1.82) is 0 Å². The summed E-state index contributed by atoms with van der Waals surface area (Å²) in [7, 11) is 0. The van der Waals surface area contributed by atoms with Crippen LogP contribution in [0, 0.1) is 5.92 Å². The number of carbonyl (C=O) groups excluding carboxylic acids is 2. The van der Waals surface area contributed by atoms with E-state index in [1.807, 2.05) is 44.2 Å². The van der Waals surface area contributed by atoms with Gasteiger partial charge in [0.15, 0.2) is 0 Å². The first-order valence-corrected chi connectivity index (χ1v) is 6.22. The molecule has 1 fully saturated rings. The molecule has 0 spiro atoms. The van der Waals surface area contributed by atoms with E-state index in [1.165, 1.54) is 0 Å². The van der Waals surface area contributed by atoms with Gasteiger partial charge in [-0.05, 0) is 11.5 Å². The summed E-state index contributed by atoms with van der Waals surface area (Å²) in [6.07, 6.45) is 0.531. The average molecular weight is 246 g/mol. The number of hydrogen-bond donors (Lipinski definition) is 2. The first kappa shape index (κ1) is 12.6. The zero-order chi connectivity index (χ0) is 13.1. The van der Waals surface area contributed by atoms with E-state index >= 15 is 0 Å². The van der Waals surface area contributed by atoms with Crippen LogP contribution in [0.2, 0.25) is 0 Å². The third-order valence-corrected chi connectivity index (χ3v) is 3.16. The summed E-state index contributed by atoms with van der Waals surface area (Å²) in [5.74, 6) is -0.0886. The first-order valence-electron chi connectivity index (χ1n) is 6.22. The zero-order valence-corrected chi connectivity index (χ0v) is 10.6. The molecule has 1 heterocycles. The molecule has 18 heavy (non-hydrogen) atoms. The molecule has 1 aliphatic rings. The van der Waals surface area contributed by atoms with Gasteiger partial charge in [0.05, 0.1) is 0 Å². The van der Waals surface area contributed by atoms with Crippen LogP contribution in [0.1, 0.15) is 19.4 Å². The molecule has 2 rings (SSSR count). The van der Waals surface area contributed by atoms with Gasteiger partial charge in [0.1, 0.15) is 12.1 Å². The molecule has 0 aromatic heterocycles. The van der Waals surface area contributed by atoms with Gasteiger partial charge >= 0.3 is 0 Å². The molecule has 0 unspecified atom stereocenters. The van der Waals surface area contributed by atoms with Gasteiger partial charge in [0.2, 0.25) is 11.8 Å². The molecule has 2 amide bonds. The van der Waals surface area contributed by atoms with Gasteiger partial charge in [-0.25, -0.2) is 0 Å². The Kier molecular flexibility index (Phi) is 3.65. The number of benzene rings is 1. The Balaban J connectivity index is 2.04. The number of rotatable bonds is 3. The van der Waals surface area contributed by atoms with Crippen molar-refractivity contribution in [2.24, 2.45) is 5.92 Å². The zero-order valence-electron chi connectivity index (χ0n) is 10.6. The van der Waals surface area contributed by atoms with Crippen molar-refractivity contribution in [3.63, 3.8) is 0 Å². The largest absolute Gasteiger partial charge is 0.342 e. The molecule has 1 aromatic rings. The third-order valence-electron chi connectivity index (χ3n) is 3.16. The fraction of sp³-hybridized carbons (Fsp3) is 0.429. The maximum absolute atomic E-state index is 11.9. The van der Waals surface area contributed by atoms with Crippen LogP contribution in [0.5, 0.6) is 0 Å². The van der Waals surface area contributed by atoms with Crippen molar-refractivity contribution in [2.75, 3.05) is 0 Å². The third kappa shape index (κ3) is 2.70. The molecular formula is C14H18N2O2. The molecule has 4 heteroatoms. The molecule has 96 valence electrons. The van der Waals surface area contributed by atoms with E-state index in [9.17, 15) is 9.59 Å². The summed E-state index contributed by atoms with van der Waals surface area (Å²) in [5, 5.41) is 5.58. The summed E-state index contributed by atoms with van der Waals surface area (Å²) in [6.45, 7) is 3.84. The summed E-state index contributed by atoms with van der Waals surface area (Å²) in [6, 6.07) is 8.81. The number of hydrogen-bond acceptors (Lipinski definition) is 2. The van der Waals surface area contributed by atoms with E-state index < -0.39 is 12.1 Å². The average Bonchev–Trinajstić information content (AvgIpc) is 2.34. The van der Waals surface area contributed by atoms with E-state index in [0.717, 1.165) is 5.56 Å². The Morgan fingerprint density at radius 1 is 1.06 bits per heavy atom. The molecule has 1 saturated heterocycles. The maximum Gasteiger partial charge on any atom is 0.243 e. The second-order valence-electron chi connectivity index (χ2n) is 4.98. The quantitative estimate of drug-likeness (QED) is 0.831. The van der Waals surface area contributed by atoms with Crippen molar-refractivity contribution < 1.29 is 9.59 Å². The normalized spacial score (nSPS) is 23.7. The van der Waals surface area contributed by atoms with Crippen LogP contribution in [0.4, 0.5) is 0 Å². The topological polar surface area (TPSA) is 58.2 Å². The van der Waals surface area contributed by atoms with Crippen LogP contribution in [0.15, 0.2) is 30.3 Å². The summed E-state index contributed by atoms with van der Waals surface area (Å²) < 4.78 is 0. The van der Waals surface area contributed by atoms with Crippen LogP contribution in [0.3, 0.4) is 0 Å². The van der Waals surface area contributed by atoms with Crippen LogP contribution < -0.4 is 10.6 Å². The number of piperazine rings is 1. The summed E-state index contributed by atoms with van der Waals surface area (Å²) in [4.78, 5) is 23.8. The fourth-order valence-electron chi connectivity index (χ4n) is 2.11. The monoisotopic (exact) mass is 246 g/mol. The van der Waals surface area contributed by atoms with E-state index in [-0.39, 0.29) is 17.7 Å². The van der Waals surface area contributed by atoms with Crippen LogP contribution in [0.25, 0.3) is 0 Å². The highest BCUT2D eigenvalue weighted by molar-refractivity contribution is 5.97. The predicted octanol–water partition coefficient (Wildman–Crippen LogP) is 0.868. The fourth-order valence-corrected chi connectivity index (χ4v) is 2.11. The van der Waals surface area contributed by atoms with Gasteiger partial charge in [0, 0.05) is 6.42 Å².